The van der Waals surface area contributed by atoms with Crippen molar-refractivity contribution in [1.82, 2.24) is 0 Å². The van der Waals surface area contributed by atoms with Crippen LogP contribution in [-0.2, 0) is 9.53 Å². The Labute approximate surface area is 214 Å². The fourth-order valence-corrected chi connectivity index (χ4v) is 6.47. The molecule has 0 aliphatic carbocycles. The van der Waals surface area contributed by atoms with Crippen molar-refractivity contribution in [1.29, 1.82) is 0 Å². The van der Waals surface area contributed by atoms with Gasteiger partial charge in [-0.15, -0.1) is 11.3 Å². The van der Waals surface area contributed by atoms with E-state index in [2.05, 4.69) is 93.9 Å². The highest BCUT2D eigenvalue weighted by Crippen LogP contribution is 2.49. The SMILES string of the molecule is COC(=O)COc1c(C(C)C)cc(-c2c3ccccc3c(Br)c3sc(C)c(C)c23)cc1C(C)C. The number of ether oxygens (including phenoxy) is 2. The lowest BCUT2D eigenvalue weighted by Crippen LogP contribution is -2.15. The smallest absolute Gasteiger partial charge is 0.343 e. The van der Waals surface area contributed by atoms with E-state index in [1.165, 1.54) is 49.5 Å². The normalized spacial score (nSPS) is 11.7. The van der Waals surface area contributed by atoms with Gasteiger partial charge in [-0.2, -0.15) is 0 Å². The van der Waals surface area contributed by atoms with E-state index >= 15 is 0 Å². The molecule has 3 nitrogen and oxygen atoms in total. The number of methoxy groups -OCH3 is 1. The van der Waals surface area contributed by atoms with Gasteiger partial charge in [-0.25, -0.2) is 4.79 Å². The first kappa shape index (κ1) is 24.7. The van der Waals surface area contributed by atoms with Gasteiger partial charge >= 0.3 is 5.97 Å². The average molecular weight is 540 g/mol. The van der Waals surface area contributed by atoms with Gasteiger partial charge in [0.05, 0.1) is 11.8 Å². The molecule has 0 saturated heterocycles. The molecule has 0 bridgehead atoms. The Morgan fingerprint density at radius 1 is 1.00 bits per heavy atom. The first-order valence-electron chi connectivity index (χ1n) is 11.6. The van der Waals surface area contributed by atoms with Crippen LogP contribution in [0, 0.1) is 13.8 Å². The second-order valence-electron chi connectivity index (χ2n) is 9.38. The topological polar surface area (TPSA) is 35.5 Å². The number of hydrogen-bond acceptors (Lipinski definition) is 4. The Kier molecular flexibility index (Phi) is 7.07. The number of fused-ring (bicyclic) bond motifs is 2. The number of aryl methyl sites for hydroxylation is 2. The van der Waals surface area contributed by atoms with Gasteiger partial charge in [0.1, 0.15) is 5.75 Å². The van der Waals surface area contributed by atoms with Gasteiger partial charge in [-0.05, 0) is 92.3 Å². The van der Waals surface area contributed by atoms with Gasteiger partial charge in [0.2, 0.25) is 0 Å². The van der Waals surface area contributed by atoms with Gasteiger partial charge in [-0.1, -0.05) is 52.0 Å². The van der Waals surface area contributed by atoms with Crippen molar-refractivity contribution in [3.05, 3.63) is 62.4 Å². The number of halogens is 1. The Morgan fingerprint density at radius 2 is 1.59 bits per heavy atom. The van der Waals surface area contributed by atoms with E-state index in [0.29, 0.717) is 0 Å². The first-order chi connectivity index (χ1) is 16.1. The summed E-state index contributed by atoms with van der Waals surface area (Å²) < 4.78 is 13.3. The van der Waals surface area contributed by atoms with E-state index in [1.807, 2.05) is 11.3 Å². The molecule has 0 aliphatic rings. The van der Waals surface area contributed by atoms with Crippen LogP contribution in [-0.4, -0.2) is 19.7 Å². The quantitative estimate of drug-likeness (QED) is 0.230. The van der Waals surface area contributed by atoms with Crippen LogP contribution in [0.15, 0.2) is 40.9 Å². The monoisotopic (exact) mass is 538 g/mol. The summed E-state index contributed by atoms with van der Waals surface area (Å²) in [5.74, 6) is 0.883. The van der Waals surface area contributed by atoms with E-state index in [9.17, 15) is 4.79 Å². The van der Waals surface area contributed by atoms with Crippen LogP contribution in [0.4, 0.5) is 0 Å². The van der Waals surface area contributed by atoms with E-state index in [4.69, 9.17) is 9.47 Å². The molecule has 4 rings (SSSR count). The summed E-state index contributed by atoms with van der Waals surface area (Å²) in [4.78, 5) is 13.2. The van der Waals surface area contributed by atoms with Crippen molar-refractivity contribution >= 4 is 54.1 Å². The summed E-state index contributed by atoms with van der Waals surface area (Å²) in [6.07, 6.45) is 0. The molecule has 0 radical (unpaired) electrons. The molecule has 0 amide bonds. The molecular formula is C29H31BrO3S. The fourth-order valence-electron chi connectivity index (χ4n) is 4.57. The Hall–Kier alpha value is -2.37. The summed E-state index contributed by atoms with van der Waals surface area (Å²) in [5, 5.41) is 3.76. The number of rotatable bonds is 6. The maximum absolute atomic E-state index is 11.8. The van der Waals surface area contributed by atoms with Gasteiger partial charge in [0.15, 0.2) is 6.61 Å². The number of hydrogen-bond donors (Lipinski definition) is 0. The Bertz CT molecular complexity index is 1370. The lowest BCUT2D eigenvalue weighted by molar-refractivity contribution is -0.142. The zero-order chi connectivity index (χ0) is 24.7. The second-order valence-corrected chi connectivity index (χ2v) is 11.4. The second kappa shape index (κ2) is 9.71. The van der Waals surface area contributed by atoms with Crippen LogP contribution in [0.1, 0.15) is 61.1 Å². The highest BCUT2D eigenvalue weighted by atomic mass is 79.9. The van der Waals surface area contributed by atoms with E-state index < -0.39 is 0 Å². The molecule has 0 saturated carbocycles. The molecule has 178 valence electrons. The Morgan fingerprint density at radius 3 is 2.15 bits per heavy atom. The van der Waals surface area contributed by atoms with Crippen LogP contribution < -0.4 is 4.74 Å². The summed E-state index contributed by atoms with van der Waals surface area (Å²) in [7, 11) is 1.39. The lowest BCUT2D eigenvalue weighted by atomic mass is 9.86. The van der Waals surface area contributed by atoms with Crippen molar-refractivity contribution in [2.75, 3.05) is 13.7 Å². The molecule has 0 atom stereocenters. The van der Waals surface area contributed by atoms with Crippen molar-refractivity contribution in [2.24, 2.45) is 0 Å². The third-order valence-corrected chi connectivity index (χ3v) is 8.82. The molecule has 0 spiro atoms. The highest BCUT2D eigenvalue weighted by Gasteiger charge is 2.23. The maximum Gasteiger partial charge on any atom is 0.343 e. The number of benzene rings is 3. The summed E-state index contributed by atoms with van der Waals surface area (Å²) >= 11 is 5.76. The third-order valence-electron chi connectivity index (χ3n) is 6.51. The molecule has 4 aromatic rings. The predicted molar refractivity (Wildman–Crippen MR) is 148 cm³/mol. The third kappa shape index (κ3) is 4.25. The summed E-state index contributed by atoms with van der Waals surface area (Å²) in [6.45, 7) is 13.0. The minimum Gasteiger partial charge on any atom is -0.481 e. The molecule has 0 N–H and O–H groups in total. The number of carbonyl (C=O) groups excluding carboxylic acids is 1. The molecule has 1 heterocycles. The number of carbonyl (C=O) groups is 1. The predicted octanol–water partition coefficient (Wildman–Crippen LogP) is 8.90. The molecule has 5 heteroatoms. The van der Waals surface area contributed by atoms with Crippen molar-refractivity contribution in [3.63, 3.8) is 0 Å². The zero-order valence-electron chi connectivity index (χ0n) is 20.8. The summed E-state index contributed by atoms with van der Waals surface area (Å²) in [5.41, 5.74) is 5.99. The first-order valence-corrected chi connectivity index (χ1v) is 13.2. The molecule has 3 aromatic carbocycles. The molecule has 0 aliphatic heterocycles. The van der Waals surface area contributed by atoms with E-state index in [0.717, 1.165) is 21.3 Å². The van der Waals surface area contributed by atoms with Gasteiger partial charge in [-0.3, -0.25) is 0 Å². The average Bonchev–Trinajstić information content (AvgIpc) is 3.11. The highest BCUT2D eigenvalue weighted by molar-refractivity contribution is 9.11. The van der Waals surface area contributed by atoms with Gasteiger partial charge in [0.25, 0.3) is 0 Å². The molecule has 1 aromatic heterocycles. The molecule has 34 heavy (non-hydrogen) atoms. The van der Waals surface area contributed by atoms with Crippen LogP contribution in [0.2, 0.25) is 0 Å². The van der Waals surface area contributed by atoms with E-state index in [1.54, 1.807) is 0 Å². The maximum atomic E-state index is 11.8. The zero-order valence-corrected chi connectivity index (χ0v) is 23.2. The largest absolute Gasteiger partial charge is 0.481 e. The van der Waals surface area contributed by atoms with Crippen molar-refractivity contribution in [2.45, 2.75) is 53.4 Å². The van der Waals surface area contributed by atoms with E-state index in [-0.39, 0.29) is 24.4 Å². The fraction of sp³-hybridized carbons (Fsp3) is 0.345. The van der Waals surface area contributed by atoms with Crippen LogP contribution >= 0.6 is 27.3 Å². The lowest BCUT2D eigenvalue weighted by Gasteiger charge is -2.23. The van der Waals surface area contributed by atoms with Crippen LogP contribution in [0.5, 0.6) is 5.75 Å². The number of thiophene rings is 1. The standard InChI is InChI=1S/C29H31BrO3S/c1-15(2)22-12-19(13-23(16(3)4)28(22)33-14-24(31)32-7)26-20-10-8-9-11-21(20)27(30)29-25(26)17(5)18(6)34-29/h8-13,15-16H,14H2,1-7H3. The minimum absolute atomic E-state index is 0.0937. The van der Waals surface area contributed by atoms with Gasteiger partial charge < -0.3 is 9.47 Å². The van der Waals surface area contributed by atoms with Crippen LogP contribution in [0.3, 0.4) is 0 Å². The molecule has 0 fully saturated rings. The Balaban J connectivity index is 2.09. The van der Waals surface area contributed by atoms with Crippen molar-refractivity contribution < 1.29 is 14.3 Å². The number of esters is 1. The van der Waals surface area contributed by atoms with Gasteiger partial charge in [0, 0.05) is 14.7 Å². The molecule has 0 unspecified atom stereocenters. The minimum atomic E-state index is -0.376. The van der Waals surface area contributed by atoms with Crippen molar-refractivity contribution in [3.8, 4) is 16.9 Å². The summed E-state index contributed by atoms with van der Waals surface area (Å²) in [6, 6.07) is 13.1. The van der Waals surface area contributed by atoms with Crippen LogP contribution in [0.25, 0.3) is 32.0 Å². The molecular weight excluding hydrogens is 508 g/mol.